The zero-order chi connectivity index (χ0) is 12.6. The largest absolute Gasteiger partial charge is 0.321 e. The molecule has 1 fully saturated rings. The van der Waals surface area contributed by atoms with Gasteiger partial charge in [-0.15, -0.1) is 0 Å². The fourth-order valence-electron chi connectivity index (χ4n) is 4.10. The van der Waals surface area contributed by atoms with Gasteiger partial charge in [0.1, 0.15) is 0 Å². The van der Waals surface area contributed by atoms with E-state index in [1.807, 2.05) is 0 Å². The first-order valence-electron chi connectivity index (χ1n) is 7.57. The van der Waals surface area contributed by atoms with Crippen molar-refractivity contribution in [2.75, 3.05) is 0 Å². The Morgan fingerprint density at radius 1 is 1.11 bits per heavy atom. The number of fused-ring (bicyclic) bond motifs is 1. The Balaban J connectivity index is 1.91. The molecule has 0 aliphatic heterocycles. The van der Waals surface area contributed by atoms with Crippen molar-refractivity contribution in [1.82, 2.24) is 0 Å². The number of rotatable bonds is 1. The molecule has 2 N–H and O–H groups in total. The highest BCUT2D eigenvalue weighted by Crippen LogP contribution is 2.45. The number of nitrogens with two attached hydrogens (primary N) is 1. The van der Waals surface area contributed by atoms with Crippen LogP contribution in [0.15, 0.2) is 24.3 Å². The summed E-state index contributed by atoms with van der Waals surface area (Å²) in [6, 6.07) is 8.89. The van der Waals surface area contributed by atoms with Crippen LogP contribution in [-0.4, -0.2) is 0 Å². The zero-order valence-electron chi connectivity index (χ0n) is 11.5. The molecule has 1 heteroatoms. The molecule has 1 unspecified atom stereocenters. The van der Waals surface area contributed by atoms with E-state index in [1.165, 1.54) is 56.1 Å². The monoisotopic (exact) mass is 243 g/mol. The van der Waals surface area contributed by atoms with Crippen molar-refractivity contribution in [2.24, 2.45) is 17.6 Å². The summed E-state index contributed by atoms with van der Waals surface area (Å²) in [5.41, 5.74) is 9.82. The van der Waals surface area contributed by atoms with E-state index in [2.05, 4.69) is 31.2 Å². The minimum atomic E-state index is -0.0328. The van der Waals surface area contributed by atoms with Crippen LogP contribution in [0, 0.1) is 11.8 Å². The van der Waals surface area contributed by atoms with Crippen LogP contribution >= 0.6 is 0 Å². The standard InChI is InChI=1S/C17H25N/c1-13-8-10-15(11-9-13)17(18)12-4-6-14-5-2-3-7-16(14)17/h2-3,5,7,13,15H,4,6,8-12,18H2,1H3. The Morgan fingerprint density at radius 2 is 1.83 bits per heavy atom. The molecular formula is C17H25N. The van der Waals surface area contributed by atoms with Crippen molar-refractivity contribution >= 4 is 0 Å². The Kier molecular flexibility index (Phi) is 3.19. The minimum absolute atomic E-state index is 0.0328. The van der Waals surface area contributed by atoms with E-state index in [4.69, 9.17) is 5.73 Å². The van der Waals surface area contributed by atoms with E-state index in [0.29, 0.717) is 5.92 Å². The summed E-state index contributed by atoms with van der Waals surface area (Å²) < 4.78 is 0. The Bertz CT molecular complexity index is 417. The van der Waals surface area contributed by atoms with Crippen molar-refractivity contribution in [3.63, 3.8) is 0 Å². The second-order valence-electron chi connectivity index (χ2n) is 6.51. The van der Waals surface area contributed by atoms with Crippen LogP contribution in [0.2, 0.25) is 0 Å². The van der Waals surface area contributed by atoms with E-state index in [0.717, 1.165) is 5.92 Å². The molecule has 2 aliphatic carbocycles. The Labute approximate surface area is 111 Å². The van der Waals surface area contributed by atoms with Gasteiger partial charge < -0.3 is 5.73 Å². The average molecular weight is 243 g/mol. The quantitative estimate of drug-likeness (QED) is 0.792. The lowest BCUT2D eigenvalue weighted by atomic mass is 9.64. The van der Waals surface area contributed by atoms with Gasteiger partial charge in [-0.25, -0.2) is 0 Å². The maximum Gasteiger partial charge on any atom is 0.0441 e. The zero-order valence-corrected chi connectivity index (χ0v) is 11.5. The molecule has 0 heterocycles. The van der Waals surface area contributed by atoms with Crippen LogP contribution in [0.5, 0.6) is 0 Å². The molecule has 0 bridgehead atoms. The molecular weight excluding hydrogens is 218 g/mol. The number of hydrogen-bond donors (Lipinski definition) is 1. The molecule has 1 aromatic rings. The summed E-state index contributed by atoms with van der Waals surface area (Å²) >= 11 is 0. The summed E-state index contributed by atoms with van der Waals surface area (Å²) in [6.45, 7) is 2.38. The van der Waals surface area contributed by atoms with Crippen molar-refractivity contribution in [2.45, 2.75) is 57.4 Å². The summed E-state index contributed by atoms with van der Waals surface area (Å²) in [7, 11) is 0. The fraction of sp³-hybridized carbons (Fsp3) is 0.647. The van der Waals surface area contributed by atoms with Gasteiger partial charge in [0.05, 0.1) is 0 Å². The third-order valence-electron chi connectivity index (χ3n) is 5.30. The van der Waals surface area contributed by atoms with Crippen molar-refractivity contribution in [3.8, 4) is 0 Å². The average Bonchev–Trinajstić information content (AvgIpc) is 2.40. The van der Waals surface area contributed by atoms with Gasteiger partial charge in [-0.05, 0) is 55.1 Å². The lowest BCUT2D eigenvalue weighted by Gasteiger charge is -2.44. The second kappa shape index (κ2) is 4.70. The van der Waals surface area contributed by atoms with Crippen LogP contribution in [-0.2, 0) is 12.0 Å². The molecule has 2 aliphatic rings. The van der Waals surface area contributed by atoms with Gasteiger partial charge in [0.25, 0.3) is 0 Å². The first-order valence-corrected chi connectivity index (χ1v) is 7.57. The van der Waals surface area contributed by atoms with E-state index in [-0.39, 0.29) is 5.54 Å². The van der Waals surface area contributed by atoms with Crippen LogP contribution in [0.25, 0.3) is 0 Å². The highest BCUT2D eigenvalue weighted by molar-refractivity contribution is 5.36. The van der Waals surface area contributed by atoms with Gasteiger partial charge in [0, 0.05) is 5.54 Å². The minimum Gasteiger partial charge on any atom is -0.321 e. The predicted octanol–water partition coefficient (Wildman–Crippen LogP) is 4.00. The lowest BCUT2D eigenvalue weighted by Crippen LogP contribution is -2.47. The topological polar surface area (TPSA) is 26.0 Å². The summed E-state index contributed by atoms with van der Waals surface area (Å²) in [5.74, 6) is 1.61. The van der Waals surface area contributed by atoms with Crippen molar-refractivity contribution in [3.05, 3.63) is 35.4 Å². The number of benzene rings is 1. The van der Waals surface area contributed by atoms with Gasteiger partial charge in [-0.1, -0.05) is 44.0 Å². The molecule has 0 spiro atoms. The van der Waals surface area contributed by atoms with Gasteiger partial charge in [0.15, 0.2) is 0 Å². The Hall–Kier alpha value is -0.820. The molecule has 1 saturated carbocycles. The van der Waals surface area contributed by atoms with Crippen LogP contribution < -0.4 is 5.73 Å². The molecule has 1 atom stereocenters. The maximum absolute atomic E-state index is 6.89. The molecule has 0 saturated heterocycles. The third kappa shape index (κ3) is 1.99. The first kappa shape index (κ1) is 12.2. The molecule has 3 rings (SSSR count). The molecule has 1 aromatic carbocycles. The van der Waals surface area contributed by atoms with Crippen molar-refractivity contribution < 1.29 is 0 Å². The number of hydrogen-bond acceptors (Lipinski definition) is 1. The Morgan fingerprint density at radius 3 is 2.61 bits per heavy atom. The predicted molar refractivity (Wildman–Crippen MR) is 76.4 cm³/mol. The van der Waals surface area contributed by atoms with Crippen LogP contribution in [0.4, 0.5) is 0 Å². The smallest absolute Gasteiger partial charge is 0.0441 e. The first-order chi connectivity index (χ1) is 8.70. The van der Waals surface area contributed by atoms with Gasteiger partial charge in [-0.3, -0.25) is 0 Å². The third-order valence-corrected chi connectivity index (χ3v) is 5.30. The van der Waals surface area contributed by atoms with E-state index in [9.17, 15) is 0 Å². The van der Waals surface area contributed by atoms with E-state index < -0.39 is 0 Å². The lowest BCUT2D eigenvalue weighted by molar-refractivity contribution is 0.159. The highest BCUT2D eigenvalue weighted by atomic mass is 14.8. The second-order valence-corrected chi connectivity index (χ2v) is 6.51. The number of aryl methyl sites for hydroxylation is 1. The molecule has 0 radical (unpaired) electrons. The maximum atomic E-state index is 6.89. The van der Waals surface area contributed by atoms with E-state index >= 15 is 0 Å². The molecule has 1 nitrogen and oxygen atoms in total. The van der Waals surface area contributed by atoms with Gasteiger partial charge in [0.2, 0.25) is 0 Å². The molecule has 0 amide bonds. The van der Waals surface area contributed by atoms with Gasteiger partial charge >= 0.3 is 0 Å². The summed E-state index contributed by atoms with van der Waals surface area (Å²) in [6.07, 6.45) is 9.05. The highest BCUT2D eigenvalue weighted by Gasteiger charge is 2.40. The normalized spacial score (nSPS) is 36.1. The summed E-state index contributed by atoms with van der Waals surface area (Å²) in [4.78, 5) is 0. The van der Waals surface area contributed by atoms with Crippen LogP contribution in [0.3, 0.4) is 0 Å². The SMILES string of the molecule is CC1CCC(C2(N)CCCc3ccccc32)CC1. The van der Waals surface area contributed by atoms with E-state index in [1.54, 1.807) is 0 Å². The summed E-state index contributed by atoms with van der Waals surface area (Å²) in [5, 5.41) is 0. The van der Waals surface area contributed by atoms with Crippen molar-refractivity contribution in [1.29, 1.82) is 0 Å². The molecule has 0 aromatic heterocycles. The molecule has 98 valence electrons. The van der Waals surface area contributed by atoms with Crippen LogP contribution in [0.1, 0.15) is 56.6 Å². The van der Waals surface area contributed by atoms with Gasteiger partial charge in [-0.2, -0.15) is 0 Å². The molecule has 18 heavy (non-hydrogen) atoms. The fourth-order valence-corrected chi connectivity index (χ4v) is 4.10.